The van der Waals surface area contributed by atoms with Gasteiger partial charge in [-0.2, -0.15) is 0 Å². The molecular formula is C24H31ClN2O3. The normalized spacial score (nSPS) is 12.2. The van der Waals surface area contributed by atoms with E-state index in [1.807, 2.05) is 65.0 Å². The van der Waals surface area contributed by atoms with Gasteiger partial charge in [-0.15, -0.1) is 0 Å². The van der Waals surface area contributed by atoms with Gasteiger partial charge in [0.1, 0.15) is 11.8 Å². The summed E-state index contributed by atoms with van der Waals surface area (Å²) in [4.78, 5) is 27.3. The Labute approximate surface area is 184 Å². The fraction of sp³-hybridized carbons (Fsp3) is 0.417. The standard InChI is InChI=1S/C24H31ClN2O3/c1-16-10-11-21(12-17(16)2)30-15-22(28)27(14-19-8-7-9-20(25)13-19)18(3)23(29)26-24(4,5)6/h7-13,18H,14-15H2,1-6H3,(H,26,29)/t18-/m0/s1. The molecule has 2 rings (SSSR count). The lowest BCUT2D eigenvalue weighted by molar-refractivity contribution is -0.142. The van der Waals surface area contributed by atoms with Crippen molar-refractivity contribution < 1.29 is 14.3 Å². The number of ether oxygens (including phenoxy) is 1. The zero-order valence-electron chi connectivity index (χ0n) is 18.6. The summed E-state index contributed by atoms with van der Waals surface area (Å²) in [5.74, 6) is 0.134. The van der Waals surface area contributed by atoms with Crippen LogP contribution in [-0.4, -0.2) is 34.9 Å². The molecule has 1 N–H and O–H groups in total. The van der Waals surface area contributed by atoms with Crippen LogP contribution in [0.1, 0.15) is 44.4 Å². The van der Waals surface area contributed by atoms with Crippen molar-refractivity contribution in [2.45, 2.75) is 59.7 Å². The fourth-order valence-electron chi connectivity index (χ4n) is 2.92. The van der Waals surface area contributed by atoms with Crippen LogP contribution in [0.25, 0.3) is 0 Å². The van der Waals surface area contributed by atoms with Crippen molar-refractivity contribution in [1.82, 2.24) is 10.2 Å². The topological polar surface area (TPSA) is 58.6 Å². The maximum Gasteiger partial charge on any atom is 0.261 e. The van der Waals surface area contributed by atoms with E-state index in [4.69, 9.17) is 16.3 Å². The molecule has 0 fully saturated rings. The number of carbonyl (C=O) groups is 2. The predicted molar refractivity (Wildman–Crippen MR) is 121 cm³/mol. The molecule has 30 heavy (non-hydrogen) atoms. The monoisotopic (exact) mass is 430 g/mol. The highest BCUT2D eigenvalue weighted by Gasteiger charge is 2.28. The van der Waals surface area contributed by atoms with Crippen LogP contribution in [0.4, 0.5) is 0 Å². The summed E-state index contributed by atoms with van der Waals surface area (Å²) in [6.45, 7) is 11.6. The van der Waals surface area contributed by atoms with Gasteiger partial charge < -0.3 is 15.0 Å². The lowest BCUT2D eigenvalue weighted by atomic mass is 10.1. The van der Waals surface area contributed by atoms with E-state index in [1.54, 1.807) is 19.1 Å². The molecule has 0 heterocycles. The first-order valence-corrected chi connectivity index (χ1v) is 10.4. The summed E-state index contributed by atoms with van der Waals surface area (Å²) in [5.41, 5.74) is 2.70. The second-order valence-corrected chi connectivity index (χ2v) is 9.04. The van der Waals surface area contributed by atoms with Gasteiger partial charge in [0.05, 0.1) is 0 Å². The quantitative estimate of drug-likeness (QED) is 0.694. The van der Waals surface area contributed by atoms with E-state index in [2.05, 4.69) is 5.32 Å². The first-order valence-electron chi connectivity index (χ1n) is 10.0. The summed E-state index contributed by atoms with van der Waals surface area (Å²) in [7, 11) is 0. The lowest BCUT2D eigenvalue weighted by Gasteiger charge is -2.31. The number of amides is 2. The van der Waals surface area contributed by atoms with Crippen molar-refractivity contribution in [1.29, 1.82) is 0 Å². The molecule has 0 spiro atoms. The van der Waals surface area contributed by atoms with Gasteiger partial charge in [-0.3, -0.25) is 9.59 Å². The Morgan fingerprint density at radius 3 is 2.40 bits per heavy atom. The molecule has 162 valence electrons. The van der Waals surface area contributed by atoms with Crippen LogP contribution in [0.15, 0.2) is 42.5 Å². The van der Waals surface area contributed by atoms with Crippen molar-refractivity contribution >= 4 is 23.4 Å². The predicted octanol–water partition coefficient (Wildman–Crippen LogP) is 4.67. The number of hydrogen-bond acceptors (Lipinski definition) is 3. The van der Waals surface area contributed by atoms with Crippen LogP contribution in [0.3, 0.4) is 0 Å². The number of nitrogens with one attached hydrogen (secondary N) is 1. The van der Waals surface area contributed by atoms with E-state index in [9.17, 15) is 9.59 Å². The molecule has 5 nitrogen and oxygen atoms in total. The maximum atomic E-state index is 13.1. The van der Waals surface area contributed by atoms with Crippen molar-refractivity contribution in [3.8, 4) is 5.75 Å². The average molecular weight is 431 g/mol. The molecule has 0 radical (unpaired) electrons. The minimum absolute atomic E-state index is 0.157. The Morgan fingerprint density at radius 2 is 1.80 bits per heavy atom. The number of aryl methyl sites for hydroxylation is 2. The number of nitrogens with zero attached hydrogens (tertiary/aromatic N) is 1. The van der Waals surface area contributed by atoms with Gasteiger partial charge >= 0.3 is 0 Å². The molecule has 6 heteroatoms. The molecule has 0 aliphatic heterocycles. The third-order valence-electron chi connectivity index (χ3n) is 4.75. The molecular weight excluding hydrogens is 400 g/mol. The largest absolute Gasteiger partial charge is 0.484 e. The Bertz CT molecular complexity index is 906. The minimum Gasteiger partial charge on any atom is -0.484 e. The minimum atomic E-state index is -0.668. The van der Waals surface area contributed by atoms with E-state index in [0.717, 1.165) is 16.7 Å². The molecule has 1 atom stereocenters. The molecule has 0 aliphatic rings. The van der Waals surface area contributed by atoms with Crippen molar-refractivity contribution in [2.75, 3.05) is 6.61 Å². The molecule has 0 aliphatic carbocycles. The molecule has 2 amide bonds. The summed E-state index contributed by atoms with van der Waals surface area (Å²) in [6, 6.07) is 12.3. The van der Waals surface area contributed by atoms with Crippen LogP contribution in [-0.2, 0) is 16.1 Å². The number of rotatable bonds is 7. The van der Waals surface area contributed by atoms with Gasteiger partial charge in [0.25, 0.3) is 5.91 Å². The average Bonchev–Trinajstić information content (AvgIpc) is 2.65. The molecule has 0 unspecified atom stereocenters. The van der Waals surface area contributed by atoms with Gasteiger partial charge in [0.2, 0.25) is 5.91 Å². The smallest absolute Gasteiger partial charge is 0.261 e. The van der Waals surface area contributed by atoms with E-state index < -0.39 is 11.6 Å². The van der Waals surface area contributed by atoms with Gasteiger partial charge in [-0.25, -0.2) is 0 Å². The van der Waals surface area contributed by atoms with E-state index in [1.165, 1.54) is 4.90 Å². The van der Waals surface area contributed by atoms with Crippen LogP contribution in [0, 0.1) is 13.8 Å². The third kappa shape index (κ3) is 7.06. The van der Waals surface area contributed by atoms with Crippen LogP contribution >= 0.6 is 11.6 Å². The van der Waals surface area contributed by atoms with Gasteiger partial charge in [0, 0.05) is 17.1 Å². The van der Waals surface area contributed by atoms with Gasteiger partial charge in [-0.05, 0) is 82.5 Å². The van der Waals surface area contributed by atoms with Crippen molar-refractivity contribution in [3.05, 3.63) is 64.2 Å². The highest BCUT2D eigenvalue weighted by Crippen LogP contribution is 2.18. The first-order chi connectivity index (χ1) is 14.0. The summed E-state index contributed by atoms with van der Waals surface area (Å²) < 4.78 is 5.73. The van der Waals surface area contributed by atoms with Crippen LogP contribution in [0.2, 0.25) is 5.02 Å². The van der Waals surface area contributed by atoms with Crippen molar-refractivity contribution in [2.24, 2.45) is 0 Å². The number of hydrogen-bond donors (Lipinski definition) is 1. The molecule has 0 saturated heterocycles. The zero-order chi connectivity index (χ0) is 22.5. The molecule has 0 bridgehead atoms. The number of halogens is 1. The van der Waals surface area contributed by atoms with E-state index in [-0.39, 0.29) is 25.0 Å². The Balaban J connectivity index is 2.18. The first kappa shape index (κ1) is 23.7. The summed E-state index contributed by atoms with van der Waals surface area (Å²) in [5, 5.41) is 3.52. The molecule has 0 aromatic heterocycles. The molecule has 2 aromatic carbocycles. The SMILES string of the molecule is Cc1ccc(OCC(=O)N(Cc2cccc(Cl)c2)[C@@H](C)C(=O)NC(C)(C)C)cc1C. The van der Waals surface area contributed by atoms with Gasteiger partial charge in [-0.1, -0.05) is 29.8 Å². The van der Waals surface area contributed by atoms with Gasteiger partial charge in [0.15, 0.2) is 6.61 Å². The highest BCUT2D eigenvalue weighted by molar-refractivity contribution is 6.30. The highest BCUT2D eigenvalue weighted by atomic mass is 35.5. The molecule has 2 aromatic rings. The summed E-state index contributed by atoms with van der Waals surface area (Å²) in [6.07, 6.45) is 0. The third-order valence-corrected chi connectivity index (χ3v) is 4.98. The zero-order valence-corrected chi connectivity index (χ0v) is 19.3. The fourth-order valence-corrected chi connectivity index (χ4v) is 3.13. The maximum absolute atomic E-state index is 13.1. The molecule has 0 saturated carbocycles. The Hall–Kier alpha value is -2.53. The Morgan fingerprint density at radius 1 is 1.10 bits per heavy atom. The lowest BCUT2D eigenvalue weighted by Crippen LogP contribution is -2.53. The number of carbonyl (C=O) groups excluding carboxylic acids is 2. The summed E-state index contributed by atoms with van der Waals surface area (Å²) >= 11 is 6.10. The second-order valence-electron chi connectivity index (χ2n) is 8.60. The second kappa shape index (κ2) is 9.98. The van der Waals surface area contributed by atoms with Crippen LogP contribution < -0.4 is 10.1 Å². The Kier molecular flexibility index (Phi) is 7.90. The van der Waals surface area contributed by atoms with Crippen LogP contribution in [0.5, 0.6) is 5.75 Å². The number of benzene rings is 2. The van der Waals surface area contributed by atoms with E-state index in [0.29, 0.717) is 10.8 Å². The van der Waals surface area contributed by atoms with Crippen molar-refractivity contribution in [3.63, 3.8) is 0 Å². The van der Waals surface area contributed by atoms with E-state index >= 15 is 0 Å².